The third kappa shape index (κ3) is 3.52. The van der Waals surface area contributed by atoms with Crippen LogP contribution in [0.15, 0.2) is 30.5 Å². The van der Waals surface area contributed by atoms with Crippen LogP contribution in [0.3, 0.4) is 0 Å². The van der Waals surface area contributed by atoms with E-state index >= 15 is 0 Å². The number of aryl methyl sites for hydroxylation is 1. The summed E-state index contributed by atoms with van der Waals surface area (Å²) in [6, 6.07) is 6.42. The number of hydrogen-bond donors (Lipinski definition) is 2. The van der Waals surface area contributed by atoms with E-state index in [2.05, 4.69) is 10.4 Å². The van der Waals surface area contributed by atoms with Crippen LogP contribution < -0.4 is 5.32 Å². The zero-order chi connectivity index (χ0) is 16.3. The standard InChI is InChI=1S/C16H19N3O3/c1-10(2)14-13(9-19(3)18-14)15(20)17-8-11-4-6-12(7-5-11)16(21)22/h4-7,9-10H,8H2,1-3H3,(H,17,20)(H,21,22). The molecule has 6 heteroatoms. The Hall–Kier alpha value is -2.63. The molecule has 0 bridgehead atoms. The molecule has 0 aliphatic heterocycles. The molecule has 1 amide bonds. The molecular weight excluding hydrogens is 282 g/mol. The van der Waals surface area contributed by atoms with E-state index in [4.69, 9.17) is 5.11 Å². The first-order chi connectivity index (χ1) is 10.4. The predicted molar refractivity (Wildman–Crippen MR) is 81.9 cm³/mol. The van der Waals surface area contributed by atoms with Crippen molar-refractivity contribution in [1.82, 2.24) is 15.1 Å². The zero-order valence-electron chi connectivity index (χ0n) is 12.8. The van der Waals surface area contributed by atoms with Gasteiger partial charge in [0.1, 0.15) is 0 Å². The molecule has 0 spiro atoms. The fourth-order valence-corrected chi connectivity index (χ4v) is 2.15. The van der Waals surface area contributed by atoms with Crippen LogP contribution >= 0.6 is 0 Å². The van der Waals surface area contributed by atoms with Crippen molar-refractivity contribution < 1.29 is 14.7 Å². The lowest BCUT2D eigenvalue weighted by atomic mass is 10.1. The first-order valence-electron chi connectivity index (χ1n) is 7.02. The van der Waals surface area contributed by atoms with Gasteiger partial charge in [0.2, 0.25) is 0 Å². The van der Waals surface area contributed by atoms with Gasteiger partial charge in [0.25, 0.3) is 5.91 Å². The second kappa shape index (κ2) is 6.43. The quantitative estimate of drug-likeness (QED) is 0.886. The molecule has 0 aliphatic rings. The lowest BCUT2D eigenvalue weighted by Crippen LogP contribution is -2.23. The number of carboxylic acid groups (broad SMARTS) is 1. The van der Waals surface area contributed by atoms with Gasteiger partial charge < -0.3 is 10.4 Å². The van der Waals surface area contributed by atoms with Crippen molar-refractivity contribution in [3.63, 3.8) is 0 Å². The maximum Gasteiger partial charge on any atom is 0.335 e. The molecule has 22 heavy (non-hydrogen) atoms. The first kappa shape index (κ1) is 15.8. The van der Waals surface area contributed by atoms with Crippen LogP contribution in [0.1, 0.15) is 51.7 Å². The summed E-state index contributed by atoms with van der Waals surface area (Å²) in [6.07, 6.45) is 1.71. The van der Waals surface area contributed by atoms with Gasteiger partial charge in [-0.3, -0.25) is 9.48 Å². The Labute approximate surface area is 128 Å². The minimum Gasteiger partial charge on any atom is -0.478 e. The molecular formula is C16H19N3O3. The summed E-state index contributed by atoms with van der Waals surface area (Å²) in [7, 11) is 1.79. The zero-order valence-corrected chi connectivity index (χ0v) is 12.8. The molecule has 0 saturated carbocycles. The van der Waals surface area contributed by atoms with E-state index < -0.39 is 5.97 Å². The van der Waals surface area contributed by atoms with Crippen LogP contribution in [0.4, 0.5) is 0 Å². The molecule has 1 heterocycles. The number of carbonyl (C=O) groups excluding carboxylic acids is 1. The van der Waals surface area contributed by atoms with Crippen molar-refractivity contribution in [2.45, 2.75) is 26.3 Å². The molecule has 2 rings (SSSR count). The van der Waals surface area contributed by atoms with Crippen molar-refractivity contribution >= 4 is 11.9 Å². The third-order valence-electron chi connectivity index (χ3n) is 3.30. The van der Waals surface area contributed by atoms with Gasteiger partial charge in [0, 0.05) is 19.8 Å². The molecule has 0 fully saturated rings. The summed E-state index contributed by atoms with van der Waals surface area (Å²) < 4.78 is 1.63. The molecule has 2 aromatic rings. The van der Waals surface area contributed by atoms with Crippen LogP contribution in [0.25, 0.3) is 0 Å². The number of aromatic nitrogens is 2. The summed E-state index contributed by atoms with van der Waals surface area (Å²) in [4.78, 5) is 23.1. The second-order valence-corrected chi connectivity index (χ2v) is 5.44. The first-order valence-corrected chi connectivity index (χ1v) is 7.02. The number of carbonyl (C=O) groups is 2. The van der Waals surface area contributed by atoms with E-state index in [1.807, 2.05) is 13.8 Å². The molecule has 0 atom stereocenters. The topological polar surface area (TPSA) is 84.2 Å². The summed E-state index contributed by atoms with van der Waals surface area (Å²) in [5.41, 5.74) is 2.40. The maximum absolute atomic E-state index is 12.3. The molecule has 0 saturated heterocycles. The van der Waals surface area contributed by atoms with Crippen LogP contribution in [0.5, 0.6) is 0 Å². The highest BCUT2D eigenvalue weighted by Gasteiger charge is 2.17. The number of amides is 1. The van der Waals surface area contributed by atoms with Gasteiger partial charge in [-0.1, -0.05) is 26.0 Å². The summed E-state index contributed by atoms with van der Waals surface area (Å²) >= 11 is 0. The minimum absolute atomic E-state index is 0.164. The van der Waals surface area contributed by atoms with Crippen LogP contribution in [0.2, 0.25) is 0 Å². The van der Waals surface area contributed by atoms with Crippen LogP contribution in [-0.4, -0.2) is 26.8 Å². The second-order valence-electron chi connectivity index (χ2n) is 5.44. The minimum atomic E-state index is -0.965. The highest BCUT2D eigenvalue weighted by atomic mass is 16.4. The van der Waals surface area contributed by atoms with Crippen LogP contribution in [0, 0.1) is 0 Å². The van der Waals surface area contributed by atoms with E-state index in [9.17, 15) is 9.59 Å². The monoisotopic (exact) mass is 301 g/mol. The maximum atomic E-state index is 12.3. The number of hydrogen-bond acceptors (Lipinski definition) is 3. The lowest BCUT2D eigenvalue weighted by Gasteiger charge is -2.07. The van der Waals surface area contributed by atoms with Crippen molar-refractivity contribution in [2.75, 3.05) is 0 Å². The smallest absolute Gasteiger partial charge is 0.335 e. The Kier molecular flexibility index (Phi) is 4.60. The fraction of sp³-hybridized carbons (Fsp3) is 0.312. The number of nitrogens with zero attached hydrogens (tertiary/aromatic N) is 2. The Morgan fingerprint density at radius 2 is 1.91 bits per heavy atom. The Morgan fingerprint density at radius 1 is 1.27 bits per heavy atom. The fourth-order valence-electron chi connectivity index (χ4n) is 2.15. The van der Waals surface area contributed by atoms with E-state index in [-0.39, 0.29) is 17.4 Å². The number of rotatable bonds is 5. The average molecular weight is 301 g/mol. The van der Waals surface area contributed by atoms with Gasteiger partial charge >= 0.3 is 5.97 Å². The SMILES string of the molecule is CC(C)c1nn(C)cc1C(=O)NCc1ccc(C(=O)O)cc1. The van der Waals surface area contributed by atoms with Crippen molar-refractivity contribution in [3.05, 3.63) is 52.8 Å². The summed E-state index contributed by atoms with van der Waals surface area (Å²) in [6.45, 7) is 4.32. The van der Waals surface area contributed by atoms with Gasteiger partial charge in [0.15, 0.2) is 0 Å². The van der Waals surface area contributed by atoms with Crippen molar-refractivity contribution in [3.8, 4) is 0 Å². The predicted octanol–water partition coefficient (Wildman–Crippen LogP) is 2.17. The lowest BCUT2D eigenvalue weighted by molar-refractivity contribution is 0.0696. The molecule has 0 unspecified atom stereocenters. The van der Waals surface area contributed by atoms with Gasteiger partial charge in [0.05, 0.1) is 16.8 Å². The summed E-state index contributed by atoms with van der Waals surface area (Å²) in [5, 5.41) is 16.0. The Bertz CT molecular complexity index is 687. The largest absolute Gasteiger partial charge is 0.478 e. The Morgan fingerprint density at radius 3 is 2.45 bits per heavy atom. The number of nitrogens with one attached hydrogen (secondary N) is 1. The molecule has 1 aromatic heterocycles. The van der Waals surface area contributed by atoms with Gasteiger partial charge in [-0.15, -0.1) is 0 Å². The van der Waals surface area contributed by atoms with E-state index in [1.165, 1.54) is 12.1 Å². The highest BCUT2D eigenvalue weighted by Crippen LogP contribution is 2.17. The number of carboxylic acids is 1. The number of benzene rings is 1. The molecule has 116 valence electrons. The third-order valence-corrected chi connectivity index (χ3v) is 3.30. The molecule has 0 radical (unpaired) electrons. The van der Waals surface area contributed by atoms with Gasteiger partial charge in [-0.05, 0) is 23.6 Å². The van der Waals surface area contributed by atoms with E-state index in [0.29, 0.717) is 12.1 Å². The number of aromatic carboxylic acids is 1. The molecule has 6 nitrogen and oxygen atoms in total. The van der Waals surface area contributed by atoms with E-state index in [0.717, 1.165) is 11.3 Å². The van der Waals surface area contributed by atoms with E-state index in [1.54, 1.807) is 30.1 Å². The van der Waals surface area contributed by atoms with Crippen molar-refractivity contribution in [2.24, 2.45) is 7.05 Å². The van der Waals surface area contributed by atoms with Crippen LogP contribution in [-0.2, 0) is 13.6 Å². The van der Waals surface area contributed by atoms with Crippen molar-refractivity contribution in [1.29, 1.82) is 0 Å². The molecule has 2 N–H and O–H groups in total. The normalized spacial score (nSPS) is 10.7. The highest BCUT2D eigenvalue weighted by molar-refractivity contribution is 5.95. The Balaban J connectivity index is 2.05. The summed E-state index contributed by atoms with van der Waals surface area (Å²) in [5.74, 6) is -0.983. The van der Waals surface area contributed by atoms with Gasteiger partial charge in [-0.25, -0.2) is 4.79 Å². The molecule has 1 aromatic carbocycles. The average Bonchev–Trinajstić information content (AvgIpc) is 2.87. The van der Waals surface area contributed by atoms with Gasteiger partial charge in [-0.2, -0.15) is 5.10 Å². The molecule has 0 aliphatic carbocycles.